The molecular weight excluding hydrogens is 434 g/mol. The maximum atomic E-state index is 13.2. The van der Waals surface area contributed by atoms with Crippen LogP contribution in [0.1, 0.15) is 24.0 Å². The summed E-state index contributed by atoms with van der Waals surface area (Å²) < 4.78 is 5.81. The number of amides is 1. The third-order valence-corrected chi connectivity index (χ3v) is 6.57. The molecule has 3 aromatic rings. The molecule has 4 rings (SSSR count). The summed E-state index contributed by atoms with van der Waals surface area (Å²) in [6, 6.07) is 16.5. The van der Waals surface area contributed by atoms with Gasteiger partial charge in [-0.05, 0) is 37.5 Å². The summed E-state index contributed by atoms with van der Waals surface area (Å²) in [4.78, 5) is 21.7. The number of carbonyl (C=O) groups is 1. The molecule has 1 atom stereocenters. The summed E-state index contributed by atoms with van der Waals surface area (Å²) in [6.45, 7) is 4.00. The number of hydrogen-bond donors (Lipinski definition) is 1. The average Bonchev–Trinajstić information content (AvgIpc) is 3.50. The van der Waals surface area contributed by atoms with Crippen molar-refractivity contribution in [2.45, 2.75) is 37.6 Å². The molecule has 1 amide bonds. The van der Waals surface area contributed by atoms with Crippen LogP contribution in [0.2, 0.25) is 0 Å². The van der Waals surface area contributed by atoms with Crippen molar-refractivity contribution in [1.82, 2.24) is 20.1 Å². The number of aryl methyl sites for hydroxylation is 1. The van der Waals surface area contributed by atoms with E-state index < -0.39 is 0 Å². The Labute approximate surface area is 199 Å². The van der Waals surface area contributed by atoms with E-state index in [1.54, 1.807) is 0 Å². The molecule has 1 aliphatic heterocycles. The number of aromatic nitrogens is 3. The molecule has 1 aromatic heterocycles. The Balaban J connectivity index is 1.39. The summed E-state index contributed by atoms with van der Waals surface area (Å²) in [7, 11) is 4.04. The highest BCUT2D eigenvalue weighted by atomic mass is 32.2. The smallest absolute Gasteiger partial charge is 0.233 e. The Hall–Kier alpha value is -2.84. The van der Waals surface area contributed by atoms with Crippen LogP contribution in [0.25, 0.3) is 11.4 Å². The first-order chi connectivity index (χ1) is 16.0. The Bertz CT molecular complexity index is 1040. The number of hydrogen-bond acceptors (Lipinski definition) is 6. The summed E-state index contributed by atoms with van der Waals surface area (Å²) in [5.41, 5.74) is 4.42. The first-order valence-electron chi connectivity index (χ1n) is 11.3. The van der Waals surface area contributed by atoms with Gasteiger partial charge in [0.25, 0.3) is 0 Å². The minimum Gasteiger partial charge on any atom is -0.378 e. The van der Waals surface area contributed by atoms with Gasteiger partial charge in [0.1, 0.15) is 0 Å². The molecule has 1 N–H and O–H groups in total. The number of nitrogens with zero attached hydrogens (tertiary/aromatic N) is 4. The third-order valence-electron chi connectivity index (χ3n) is 5.74. The fraction of sp³-hybridized carbons (Fsp3) is 0.400. The minimum atomic E-state index is 0.0638. The van der Waals surface area contributed by atoms with E-state index in [2.05, 4.69) is 51.3 Å². The number of ether oxygens (including phenoxy) is 1. The average molecular weight is 466 g/mol. The fourth-order valence-electron chi connectivity index (χ4n) is 3.78. The van der Waals surface area contributed by atoms with Gasteiger partial charge in [-0.15, -0.1) is 5.10 Å². The summed E-state index contributed by atoms with van der Waals surface area (Å²) in [5, 5.41) is 7.84. The van der Waals surface area contributed by atoms with Crippen LogP contribution in [0.3, 0.4) is 0 Å². The normalized spacial score (nSPS) is 15.5. The van der Waals surface area contributed by atoms with Crippen molar-refractivity contribution in [2.24, 2.45) is 0 Å². The van der Waals surface area contributed by atoms with Crippen molar-refractivity contribution in [2.75, 3.05) is 37.9 Å². The number of nitrogens with one attached hydrogen (secondary N) is 1. The SMILES string of the molecule is Cc1ccc(-c2nc(SCC(=O)N(Cc3ccc(N(C)C)cc3)CC3CCCO3)n[nH]2)cc1. The molecule has 1 unspecified atom stereocenters. The predicted octanol–water partition coefficient (Wildman–Crippen LogP) is 4.15. The lowest BCUT2D eigenvalue weighted by Crippen LogP contribution is -2.38. The highest BCUT2D eigenvalue weighted by Gasteiger charge is 2.23. The predicted molar refractivity (Wildman–Crippen MR) is 132 cm³/mol. The largest absolute Gasteiger partial charge is 0.378 e. The quantitative estimate of drug-likeness (QED) is 0.479. The molecule has 2 heterocycles. The van der Waals surface area contributed by atoms with Crippen molar-refractivity contribution in [3.63, 3.8) is 0 Å². The second-order valence-electron chi connectivity index (χ2n) is 8.59. The van der Waals surface area contributed by atoms with E-state index in [0.29, 0.717) is 24.1 Å². The Kier molecular flexibility index (Phi) is 7.67. The number of aromatic amines is 1. The van der Waals surface area contributed by atoms with E-state index in [0.717, 1.165) is 36.3 Å². The molecule has 0 aliphatic carbocycles. The number of rotatable bonds is 9. The van der Waals surface area contributed by atoms with Gasteiger partial charge in [0.05, 0.1) is 11.9 Å². The van der Waals surface area contributed by atoms with Crippen LogP contribution in [0.15, 0.2) is 53.7 Å². The lowest BCUT2D eigenvalue weighted by Gasteiger charge is -2.25. The number of thioether (sulfide) groups is 1. The van der Waals surface area contributed by atoms with Gasteiger partial charge in [-0.25, -0.2) is 4.98 Å². The Morgan fingerprint density at radius 3 is 2.58 bits per heavy atom. The van der Waals surface area contributed by atoms with Crippen molar-refractivity contribution in [1.29, 1.82) is 0 Å². The maximum Gasteiger partial charge on any atom is 0.233 e. The van der Waals surface area contributed by atoms with Gasteiger partial charge >= 0.3 is 0 Å². The van der Waals surface area contributed by atoms with Gasteiger partial charge in [0, 0.05) is 45.0 Å². The fourth-order valence-corrected chi connectivity index (χ4v) is 4.48. The first kappa shape index (κ1) is 23.3. The molecule has 0 bridgehead atoms. The van der Waals surface area contributed by atoms with Crippen LogP contribution >= 0.6 is 11.8 Å². The van der Waals surface area contributed by atoms with Gasteiger partial charge in [-0.3, -0.25) is 9.89 Å². The van der Waals surface area contributed by atoms with E-state index in [4.69, 9.17) is 4.74 Å². The molecular formula is C25H31N5O2S. The number of carbonyl (C=O) groups excluding carboxylic acids is 1. The molecule has 1 fully saturated rings. The topological polar surface area (TPSA) is 74.3 Å². The summed E-state index contributed by atoms with van der Waals surface area (Å²) in [5.74, 6) is 1.06. The van der Waals surface area contributed by atoms with Gasteiger partial charge < -0.3 is 14.5 Å². The van der Waals surface area contributed by atoms with Crippen molar-refractivity contribution >= 4 is 23.4 Å². The van der Waals surface area contributed by atoms with Crippen LogP contribution in [0.5, 0.6) is 0 Å². The number of anilines is 1. The summed E-state index contributed by atoms with van der Waals surface area (Å²) in [6.07, 6.45) is 2.16. The zero-order chi connectivity index (χ0) is 23.2. The van der Waals surface area contributed by atoms with E-state index in [-0.39, 0.29) is 17.8 Å². The van der Waals surface area contributed by atoms with Gasteiger partial charge in [0.15, 0.2) is 5.82 Å². The minimum absolute atomic E-state index is 0.0638. The van der Waals surface area contributed by atoms with Crippen molar-refractivity contribution < 1.29 is 9.53 Å². The summed E-state index contributed by atoms with van der Waals surface area (Å²) >= 11 is 1.36. The van der Waals surface area contributed by atoms with Crippen LogP contribution in [-0.2, 0) is 16.1 Å². The van der Waals surface area contributed by atoms with Crippen LogP contribution < -0.4 is 4.90 Å². The molecule has 0 spiro atoms. The lowest BCUT2D eigenvalue weighted by molar-refractivity contribution is -0.130. The zero-order valence-corrected chi connectivity index (χ0v) is 20.3. The maximum absolute atomic E-state index is 13.2. The van der Waals surface area contributed by atoms with Gasteiger partial charge in [-0.2, -0.15) is 0 Å². The van der Waals surface area contributed by atoms with E-state index in [9.17, 15) is 4.79 Å². The molecule has 33 heavy (non-hydrogen) atoms. The van der Waals surface area contributed by atoms with Gasteiger partial charge in [-0.1, -0.05) is 53.7 Å². The van der Waals surface area contributed by atoms with Crippen molar-refractivity contribution in [3.8, 4) is 11.4 Å². The molecule has 0 radical (unpaired) electrons. The zero-order valence-electron chi connectivity index (χ0n) is 19.5. The standard InChI is InChI=1S/C25H31N5O2S/c1-18-6-10-20(11-7-18)24-26-25(28-27-24)33-17-23(31)30(16-22-5-4-14-32-22)15-19-8-12-21(13-9-19)29(2)3/h6-13,22H,4-5,14-17H2,1-3H3,(H,26,27,28). The second-order valence-corrected chi connectivity index (χ2v) is 9.53. The third kappa shape index (κ3) is 6.36. The van der Waals surface area contributed by atoms with Gasteiger partial charge in [0.2, 0.25) is 11.1 Å². The van der Waals surface area contributed by atoms with E-state index in [1.165, 1.54) is 17.3 Å². The van der Waals surface area contributed by atoms with Crippen LogP contribution in [-0.4, -0.2) is 65.1 Å². The second kappa shape index (κ2) is 10.9. The molecule has 0 saturated carbocycles. The van der Waals surface area contributed by atoms with Crippen LogP contribution in [0, 0.1) is 6.92 Å². The van der Waals surface area contributed by atoms with Crippen LogP contribution in [0.4, 0.5) is 5.69 Å². The molecule has 1 aliphatic rings. The molecule has 8 heteroatoms. The molecule has 174 valence electrons. The van der Waals surface area contributed by atoms with E-state index >= 15 is 0 Å². The van der Waals surface area contributed by atoms with Crippen molar-refractivity contribution in [3.05, 3.63) is 59.7 Å². The number of benzene rings is 2. The Morgan fingerprint density at radius 2 is 1.91 bits per heavy atom. The molecule has 2 aromatic carbocycles. The highest BCUT2D eigenvalue weighted by molar-refractivity contribution is 7.99. The molecule has 1 saturated heterocycles. The van der Waals surface area contributed by atoms with E-state index in [1.807, 2.05) is 43.3 Å². The monoisotopic (exact) mass is 465 g/mol. The highest BCUT2D eigenvalue weighted by Crippen LogP contribution is 2.22. The first-order valence-corrected chi connectivity index (χ1v) is 12.2. The number of H-pyrrole nitrogens is 1. The Morgan fingerprint density at radius 1 is 1.15 bits per heavy atom. The molecule has 7 nitrogen and oxygen atoms in total. The lowest BCUT2D eigenvalue weighted by atomic mass is 10.1.